The molecule has 0 radical (unpaired) electrons. The molecule has 0 aliphatic carbocycles. The molecule has 5 heteroatoms. The molecule has 0 spiro atoms. The van der Waals surface area contributed by atoms with E-state index in [9.17, 15) is 0 Å². The summed E-state index contributed by atoms with van der Waals surface area (Å²) in [6, 6.07) is 6.80. The molecule has 4 nitrogen and oxygen atoms in total. The second-order valence-electron chi connectivity index (χ2n) is 7.49. The molecular weight excluding hydrogens is 320 g/mol. The lowest BCUT2D eigenvalue weighted by molar-refractivity contribution is 0.131. The van der Waals surface area contributed by atoms with Crippen LogP contribution in [0.15, 0.2) is 18.2 Å². The van der Waals surface area contributed by atoms with E-state index < -0.39 is 0 Å². The first-order valence-corrected chi connectivity index (χ1v) is 9.60. The summed E-state index contributed by atoms with van der Waals surface area (Å²) in [4.78, 5) is 5.33. The van der Waals surface area contributed by atoms with Gasteiger partial charge in [0.05, 0.1) is 16.2 Å². The summed E-state index contributed by atoms with van der Waals surface area (Å²) in [6.45, 7) is 8.08. The van der Waals surface area contributed by atoms with Gasteiger partial charge in [-0.3, -0.25) is 14.5 Å². The minimum atomic E-state index is 0.717. The number of benzene rings is 1. The number of hydrogen-bond donors (Lipinski definition) is 0. The van der Waals surface area contributed by atoms with Crippen molar-refractivity contribution in [1.82, 2.24) is 19.6 Å². The Kier molecular flexibility index (Phi) is 4.54. The van der Waals surface area contributed by atoms with E-state index in [1.165, 1.54) is 45.4 Å². The topological polar surface area (TPSA) is 24.3 Å². The minimum absolute atomic E-state index is 0.717. The molecule has 4 heterocycles. The highest BCUT2D eigenvalue weighted by atomic mass is 35.5. The quantitative estimate of drug-likeness (QED) is 0.846. The summed E-state index contributed by atoms with van der Waals surface area (Å²) in [7, 11) is 2.01. The third-order valence-electron chi connectivity index (χ3n) is 5.69. The van der Waals surface area contributed by atoms with Gasteiger partial charge in [-0.25, -0.2) is 0 Å². The van der Waals surface area contributed by atoms with Gasteiger partial charge in [-0.1, -0.05) is 24.6 Å². The Hall–Kier alpha value is -1.10. The monoisotopic (exact) mass is 346 g/mol. The Labute approximate surface area is 149 Å². The summed E-state index contributed by atoms with van der Waals surface area (Å²) in [5.74, 6) is 0.806. The van der Waals surface area contributed by atoms with Gasteiger partial charge in [-0.2, -0.15) is 5.10 Å². The molecule has 3 fully saturated rings. The van der Waals surface area contributed by atoms with Crippen LogP contribution in [0.4, 0.5) is 0 Å². The molecule has 2 bridgehead atoms. The van der Waals surface area contributed by atoms with E-state index in [2.05, 4.69) is 22.8 Å². The Balaban J connectivity index is 1.58. The summed E-state index contributed by atoms with van der Waals surface area (Å²) >= 11 is 6.48. The van der Waals surface area contributed by atoms with Crippen LogP contribution in [0.2, 0.25) is 5.02 Å². The molecule has 0 unspecified atom stereocenters. The average molecular weight is 347 g/mol. The van der Waals surface area contributed by atoms with Crippen LogP contribution in [0.3, 0.4) is 0 Å². The number of hydrogen-bond acceptors (Lipinski definition) is 3. The lowest BCUT2D eigenvalue weighted by Crippen LogP contribution is -2.44. The van der Waals surface area contributed by atoms with E-state index in [1.54, 1.807) is 0 Å². The van der Waals surface area contributed by atoms with Crippen molar-refractivity contribution >= 4 is 22.5 Å². The van der Waals surface area contributed by atoms with Crippen LogP contribution in [-0.2, 0) is 13.6 Å². The molecule has 2 aromatic rings. The van der Waals surface area contributed by atoms with Crippen molar-refractivity contribution in [1.29, 1.82) is 0 Å². The Morgan fingerprint density at radius 2 is 2.08 bits per heavy atom. The van der Waals surface area contributed by atoms with Gasteiger partial charge >= 0.3 is 0 Å². The van der Waals surface area contributed by atoms with Crippen molar-refractivity contribution in [2.45, 2.75) is 38.8 Å². The zero-order valence-corrected chi connectivity index (χ0v) is 15.5. The maximum Gasteiger partial charge on any atom is 0.0858 e. The van der Waals surface area contributed by atoms with Crippen molar-refractivity contribution < 1.29 is 0 Å². The van der Waals surface area contributed by atoms with Crippen LogP contribution >= 0.6 is 11.6 Å². The van der Waals surface area contributed by atoms with E-state index in [0.29, 0.717) is 6.04 Å². The normalized spacial score (nSPS) is 25.5. The van der Waals surface area contributed by atoms with Crippen LogP contribution in [0, 0.1) is 5.92 Å². The average Bonchev–Trinajstić information content (AvgIpc) is 2.70. The van der Waals surface area contributed by atoms with Crippen molar-refractivity contribution in [3.8, 4) is 0 Å². The molecule has 24 heavy (non-hydrogen) atoms. The number of nitrogens with zero attached hydrogens (tertiary/aromatic N) is 4. The van der Waals surface area contributed by atoms with Crippen molar-refractivity contribution in [2.75, 3.05) is 26.2 Å². The molecule has 0 amide bonds. The summed E-state index contributed by atoms with van der Waals surface area (Å²) in [6.07, 6.45) is 3.99. The summed E-state index contributed by atoms with van der Waals surface area (Å²) in [5.41, 5.74) is 2.25. The number of halogens is 1. The lowest BCUT2D eigenvalue weighted by Gasteiger charge is -2.35. The molecule has 130 valence electrons. The lowest BCUT2D eigenvalue weighted by atomic mass is 9.95. The third kappa shape index (κ3) is 2.96. The fourth-order valence-electron chi connectivity index (χ4n) is 4.64. The van der Waals surface area contributed by atoms with E-state index in [-0.39, 0.29) is 0 Å². The third-order valence-corrected chi connectivity index (χ3v) is 6.00. The van der Waals surface area contributed by atoms with Crippen LogP contribution in [-0.4, -0.2) is 51.8 Å². The zero-order chi connectivity index (χ0) is 16.7. The number of aromatic nitrogens is 2. The fourth-order valence-corrected chi connectivity index (χ4v) is 4.92. The van der Waals surface area contributed by atoms with Gasteiger partial charge in [-0.15, -0.1) is 0 Å². The number of rotatable bonds is 4. The van der Waals surface area contributed by atoms with Crippen LogP contribution < -0.4 is 0 Å². The van der Waals surface area contributed by atoms with E-state index in [4.69, 9.17) is 16.7 Å². The zero-order valence-electron chi connectivity index (χ0n) is 14.7. The van der Waals surface area contributed by atoms with Crippen LogP contribution in [0.5, 0.6) is 0 Å². The molecule has 0 N–H and O–H groups in total. The molecule has 2 atom stereocenters. The van der Waals surface area contributed by atoms with E-state index >= 15 is 0 Å². The predicted molar refractivity (Wildman–Crippen MR) is 99.4 cm³/mol. The maximum absolute atomic E-state index is 6.48. The molecule has 0 saturated carbocycles. The molecule has 1 aromatic carbocycles. The standard InChI is InChI=1S/C19H27ClN4/c1-3-9-24-11-14-7-8-15(24)12-23(10-14)13-17-19-16(20)5-4-6-18(19)22(2)21-17/h4-6,14-15H,3,7-13H2,1-2H3/t14-,15+/m0/s1. The molecule has 3 saturated heterocycles. The van der Waals surface area contributed by atoms with Crippen molar-refractivity contribution in [2.24, 2.45) is 13.0 Å². The van der Waals surface area contributed by atoms with Gasteiger partial charge in [0.2, 0.25) is 0 Å². The summed E-state index contributed by atoms with van der Waals surface area (Å²) < 4.78 is 1.96. The first-order chi connectivity index (χ1) is 11.7. The smallest absolute Gasteiger partial charge is 0.0858 e. The molecule has 1 aromatic heterocycles. The maximum atomic E-state index is 6.48. The Morgan fingerprint density at radius 1 is 1.21 bits per heavy atom. The second kappa shape index (κ2) is 6.66. The highest BCUT2D eigenvalue weighted by Gasteiger charge is 2.34. The molecule has 3 aliphatic heterocycles. The second-order valence-corrected chi connectivity index (χ2v) is 7.90. The van der Waals surface area contributed by atoms with Crippen LogP contribution in [0.1, 0.15) is 31.9 Å². The largest absolute Gasteiger partial charge is 0.299 e. The van der Waals surface area contributed by atoms with E-state index in [0.717, 1.165) is 34.1 Å². The van der Waals surface area contributed by atoms with Gasteiger partial charge < -0.3 is 0 Å². The summed E-state index contributed by atoms with van der Waals surface area (Å²) in [5, 5.41) is 6.73. The number of fused-ring (bicyclic) bond motifs is 5. The Morgan fingerprint density at radius 3 is 2.92 bits per heavy atom. The number of piperidine rings is 1. The van der Waals surface area contributed by atoms with Crippen molar-refractivity contribution in [3.63, 3.8) is 0 Å². The molecule has 3 aliphatic rings. The predicted octanol–water partition coefficient (Wildman–Crippen LogP) is 3.53. The van der Waals surface area contributed by atoms with Gasteiger partial charge in [0.25, 0.3) is 0 Å². The van der Waals surface area contributed by atoms with Gasteiger partial charge in [0.1, 0.15) is 0 Å². The minimum Gasteiger partial charge on any atom is -0.299 e. The molecule has 5 rings (SSSR count). The van der Waals surface area contributed by atoms with Gasteiger partial charge in [-0.05, 0) is 43.9 Å². The van der Waals surface area contributed by atoms with Crippen LogP contribution in [0.25, 0.3) is 10.9 Å². The highest BCUT2D eigenvalue weighted by molar-refractivity contribution is 6.35. The fraction of sp³-hybridized carbons (Fsp3) is 0.632. The highest BCUT2D eigenvalue weighted by Crippen LogP contribution is 2.31. The first-order valence-electron chi connectivity index (χ1n) is 9.22. The van der Waals surface area contributed by atoms with Gasteiger partial charge in [0.15, 0.2) is 0 Å². The molecular formula is C19H27ClN4. The SMILES string of the molecule is CCCN1C[C@H]2CC[C@@H]1CN(Cc1nn(C)c3cccc(Cl)c13)C2. The number of aryl methyl sites for hydroxylation is 1. The Bertz CT molecular complexity index is 725. The van der Waals surface area contributed by atoms with Crippen molar-refractivity contribution in [3.05, 3.63) is 28.9 Å². The first kappa shape index (κ1) is 16.4. The van der Waals surface area contributed by atoms with E-state index in [1.807, 2.05) is 23.9 Å². The van der Waals surface area contributed by atoms with Gasteiger partial charge in [0, 0.05) is 44.7 Å².